The summed E-state index contributed by atoms with van der Waals surface area (Å²) in [6.45, 7) is 6.03. The van der Waals surface area contributed by atoms with E-state index in [9.17, 15) is 9.59 Å². The first-order valence-corrected chi connectivity index (χ1v) is 6.51. The Balaban J connectivity index is 2.59. The Morgan fingerprint density at radius 2 is 2.11 bits per heavy atom. The molecule has 18 heavy (non-hydrogen) atoms. The van der Waals surface area contributed by atoms with Crippen molar-refractivity contribution in [1.29, 1.82) is 0 Å². The van der Waals surface area contributed by atoms with E-state index in [1.54, 1.807) is 4.90 Å². The van der Waals surface area contributed by atoms with Gasteiger partial charge in [0.05, 0.1) is 0 Å². The molecule has 0 aliphatic heterocycles. The Morgan fingerprint density at radius 3 is 2.56 bits per heavy atom. The summed E-state index contributed by atoms with van der Waals surface area (Å²) >= 11 is 0. The Kier molecular flexibility index (Phi) is 5.68. The molecule has 1 aliphatic rings. The van der Waals surface area contributed by atoms with Gasteiger partial charge in [0, 0.05) is 12.6 Å². The molecule has 102 valence electrons. The van der Waals surface area contributed by atoms with E-state index >= 15 is 0 Å². The van der Waals surface area contributed by atoms with Crippen LogP contribution in [0.2, 0.25) is 0 Å². The van der Waals surface area contributed by atoms with Gasteiger partial charge in [0.2, 0.25) is 0 Å². The van der Waals surface area contributed by atoms with Crippen LogP contribution < -0.4 is 5.32 Å². The highest BCUT2D eigenvalue weighted by Gasteiger charge is 2.28. The van der Waals surface area contributed by atoms with Gasteiger partial charge in [0.25, 0.3) is 0 Å². The van der Waals surface area contributed by atoms with Crippen LogP contribution in [-0.2, 0) is 4.79 Å². The molecule has 0 aromatic heterocycles. The van der Waals surface area contributed by atoms with Crippen molar-refractivity contribution in [3.8, 4) is 0 Å². The molecule has 0 radical (unpaired) electrons. The molecule has 1 fully saturated rings. The molecule has 0 heterocycles. The Labute approximate surface area is 108 Å². The van der Waals surface area contributed by atoms with Crippen LogP contribution in [0.3, 0.4) is 0 Å². The van der Waals surface area contributed by atoms with E-state index in [0.29, 0.717) is 6.54 Å². The summed E-state index contributed by atoms with van der Waals surface area (Å²) in [6, 6.07) is -0.905. The maximum atomic E-state index is 12.1. The van der Waals surface area contributed by atoms with Gasteiger partial charge in [-0.3, -0.25) is 0 Å². The van der Waals surface area contributed by atoms with Crippen LogP contribution in [0, 0.1) is 0 Å². The summed E-state index contributed by atoms with van der Waals surface area (Å²) < 4.78 is 0. The van der Waals surface area contributed by atoms with Crippen molar-refractivity contribution in [1.82, 2.24) is 10.2 Å². The second-order valence-electron chi connectivity index (χ2n) is 4.59. The van der Waals surface area contributed by atoms with Crippen molar-refractivity contribution in [2.75, 3.05) is 6.54 Å². The van der Waals surface area contributed by atoms with E-state index < -0.39 is 12.0 Å². The summed E-state index contributed by atoms with van der Waals surface area (Å²) in [7, 11) is 0. The topological polar surface area (TPSA) is 69.6 Å². The lowest BCUT2D eigenvalue weighted by atomic mass is 10.2. The molecule has 5 nitrogen and oxygen atoms in total. The maximum absolute atomic E-state index is 12.1. The fraction of sp³-hybridized carbons (Fsp3) is 0.692. The van der Waals surface area contributed by atoms with Crippen molar-refractivity contribution < 1.29 is 14.7 Å². The number of carbonyl (C=O) groups excluding carboxylic acids is 1. The largest absolute Gasteiger partial charge is 0.480 e. The van der Waals surface area contributed by atoms with Gasteiger partial charge in [0.1, 0.15) is 6.04 Å². The minimum atomic E-state index is -1.02. The molecular weight excluding hydrogens is 232 g/mol. The molecule has 5 heteroatoms. The fourth-order valence-electron chi connectivity index (χ4n) is 2.40. The number of carboxylic acids is 1. The zero-order valence-corrected chi connectivity index (χ0v) is 10.9. The minimum Gasteiger partial charge on any atom is -0.480 e. The van der Waals surface area contributed by atoms with E-state index in [4.69, 9.17) is 5.11 Å². The number of hydrogen-bond acceptors (Lipinski definition) is 2. The number of hydrogen-bond donors (Lipinski definition) is 2. The summed E-state index contributed by atoms with van der Waals surface area (Å²) in [5.41, 5.74) is 0. The molecule has 1 aliphatic carbocycles. The number of carboxylic acid groups (broad SMARTS) is 1. The number of urea groups is 1. The molecule has 0 saturated heterocycles. The zero-order chi connectivity index (χ0) is 13.5. The Bertz CT molecular complexity index is 311. The van der Waals surface area contributed by atoms with Gasteiger partial charge >= 0.3 is 12.0 Å². The second-order valence-corrected chi connectivity index (χ2v) is 4.59. The highest BCUT2D eigenvalue weighted by molar-refractivity contribution is 5.82. The Morgan fingerprint density at radius 1 is 1.50 bits per heavy atom. The highest BCUT2D eigenvalue weighted by Crippen LogP contribution is 2.23. The molecule has 1 unspecified atom stereocenters. The number of nitrogens with one attached hydrogen (secondary N) is 1. The molecule has 0 bridgehead atoms. The number of carbonyl (C=O) groups is 2. The average Bonchev–Trinajstić information content (AvgIpc) is 2.83. The van der Waals surface area contributed by atoms with E-state index in [1.165, 1.54) is 6.08 Å². The van der Waals surface area contributed by atoms with Crippen LogP contribution >= 0.6 is 0 Å². The molecule has 1 rings (SSSR count). The van der Waals surface area contributed by atoms with Crippen LogP contribution in [0.4, 0.5) is 4.79 Å². The van der Waals surface area contributed by atoms with Crippen molar-refractivity contribution >= 4 is 12.0 Å². The SMILES string of the molecule is C=CCC(NC(=O)N(CC)C1CCCC1)C(=O)O. The summed E-state index contributed by atoms with van der Waals surface area (Å²) in [5.74, 6) is -1.02. The lowest BCUT2D eigenvalue weighted by Crippen LogP contribution is -2.50. The first-order chi connectivity index (χ1) is 8.60. The van der Waals surface area contributed by atoms with Gasteiger partial charge in [-0.1, -0.05) is 18.9 Å². The molecule has 2 amide bonds. The molecule has 0 spiro atoms. The van der Waals surface area contributed by atoms with E-state index in [0.717, 1.165) is 25.7 Å². The smallest absolute Gasteiger partial charge is 0.326 e. The third-order valence-corrected chi connectivity index (χ3v) is 3.37. The standard InChI is InChI=1S/C13H22N2O3/c1-3-7-11(12(16)17)14-13(18)15(4-2)10-8-5-6-9-10/h3,10-11H,1,4-9H2,2H3,(H,14,18)(H,16,17). The van der Waals surface area contributed by atoms with Gasteiger partial charge in [0.15, 0.2) is 0 Å². The van der Waals surface area contributed by atoms with Crippen molar-refractivity contribution in [3.05, 3.63) is 12.7 Å². The average molecular weight is 254 g/mol. The predicted molar refractivity (Wildman–Crippen MR) is 69.4 cm³/mol. The first kappa shape index (κ1) is 14.5. The number of rotatable bonds is 6. The van der Waals surface area contributed by atoms with E-state index in [-0.39, 0.29) is 18.5 Å². The maximum Gasteiger partial charge on any atom is 0.326 e. The van der Waals surface area contributed by atoms with Gasteiger partial charge in [-0.2, -0.15) is 0 Å². The molecule has 0 aromatic rings. The van der Waals surface area contributed by atoms with Crippen LogP contribution in [-0.4, -0.2) is 40.6 Å². The molecule has 0 aromatic carbocycles. The lowest BCUT2D eigenvalue weighted by molar-refractivity contribution is -0.139. The van der Waals surface area contributed by atoms with Crippen molar-refractivity contribution in [2.24, 2.45) is 0 Å². The monoisotopic (exact) mass is 254 g/mol. The van der Waals surface area contributed by atoms with Crippen molar-refractivity contribution in [3.63, 3.8) is 0 Å². The van der Waals surface area contributed by atoms with Gasteiger partial charge in [-0.15, -0.1) is 6.58 Å². The quantitative estimate of drug-likeness (QED) is 0.712. The van der Waals surface area contributed by atoms with Crippen molar-refractivity contribution in [2.45, 2.75) is 51.1 Å². The minimum absolute atomic E-state index is 0.239. The van der Waals surface area contributed by atoms with Gasteiger partial charge in [-0.05, 0) is 26.2 Å². The van der Waals surface area contributed by atoms with E-state index in [2.05, 4.69) is 11.9 Å². The van der Waals surface area contributed by atoms with E-state index in [1.807, 2.05) is 6.92 Å². The highest BCUT2D eigenvalue weighted by atomic mass is 16.4. The number of amides is 2. The summed E-state index contributed by atoms with van der Waals surface area (Å²) in [5, 5.41) is 11.6. The van der Waals surface area contributed by atoms with Crippen LogP contribution in [0.15, 0.2) is 12.7 Å². The lowest BCUT2D eigenvalue weighted by Gasteiger charge is -2.29. The third kappa shape index (κ3) is 3.75. The predicted octanol–water partition coefficient (Wildman–Crippen LogP) is 1.99. The first-order valence-electron chi connectivity index (χ1n) is 6.51. The molecule has 2 N–H and O–H groups in total. The van der Waals surface area contributed by atoms with Gasteiger partial charge < -0.3 is 15.3 Å². The molecule has 1 saturated carbocycles. The molecular formula is C13H22N2O3. The van der Waals surface area contributed by atoms with Crippen LogP contribution in [0.1, 0.15) is 39.0 Å². The van der Waals surface area contributed by atoms with Gasteiger partial charge in [-0.25, -0.2) is 9.59 Å². The summed E-state index contributed by atoms with van der Waals surface area (Å²) in [6.07, 6.45) is 6.06. The van der Waals surface area contributed by atoms with Crippen LogP contribution in [0.5, 0.6) is 0 Å². The number of nitrogens with zero attached hydrogens (tertiary/aromatic N) is 1. The fourth-order valence-corrected chi connectivity index (χ4v) is 2.40. The second kappa shape index (κ2) is 7.03. The normalized spacial score (nSPS) is 17.2. The Hall–Kier alpha value is -1.52. The summed E-state index contributed by atoms with van der Waals surface area (Å²) in [4.78, 5) is 24.8. The molecule has 1 atom stereocenters. The van der Waals surface area contributed by atoms with Crippen LogP contribution in [0.25, 0.3) is 0 Å². The number of aliphatic carboxylic acids is 1. The zero-order valence-electron chi connectivity index (χ0n) is 10.9. The third-order valence-electron chi connectivity index (χ3n) is 3.37.